The molecule has 7 nitrogen and oxygen atoms in total. The standard InChI is InChI=1S/C16H23ClNO6P/c1-3-22-12-14(11-19)18-25(17,21)24-15-8-6-5-7-13(15)9-10-16(20)23-4-2/h5-8,11,14H,3-4,9-10,12H2,1-2H3,(H,18,21). The molecule has 0 aliphatic heterocycles. The van der Waals surface area contributed by atoms with Crippen molar-refractivity contribution in [2.45, 2.75) is 32.7 Å². The fraction of sp³-hybridized carbons (Fsp3) is 0.500. The van der Waals surface area contributed by atoms with E-state index in [0.29, 0.717) is 31.5 Å². The van der Waals surface area contributed by atoms with Crippen LogP contribution in [-0.4, -0.2) is 38.1 Å². The maximum absolute atomic E-state index is 12.4. The lowest BCUT2D eigenvalue weighted by Gasteiger charge is -2.19. The first-order valence-electron chi connectivity index (χ1n) is 7.95. The van der Waals surface area contributed by atoms with E-state index in [4.69, 9.17) is 25.2 Å². The number of hydrogen-bond donors (Lipinski definition) is 1. The van der Waals surface area contributed by atoms with Crippen molar-refractivity contribution >= 4 is 30.4 Å². The summed E-state index contributed by atoms with van der Waals surface area (Å²) in [7, 11) is 0. The Labute approximate surface area is 152 Å². The summed E-state index contributed by atoms with van der Waals surface area (Å²) in [5.41, 5.74) is 0.658. The zero-order valence-corrected chi connectivity index (χ0v) is 15.9. The molecule has 0 saturated carbocycles. The molecule has 1 rings (SSSR count). The number of para-hydroxylation sites is 1. The molecule has 1 aromatic carbocycles. The third kappa shape index (κ3) is 8.50. The highest BCUT2D eigenvalue weighted by molar-refractivity contribution is 7.84. The van der Waals surface area contributed by atoms with Gasteiger partial charge in [-0.1, -0.05) is 18.2 Å². The molecule has 2 unspecified atom stereocenters. The van der Waals surface area contributed by atoms with E-state index in [9.17, 15) is 14.2 Å². The van der Waals surface area contributed by atoms with Gasteiger partial charge in [-0.25, -0.2) is 9.65 Å². The van der Waals surface area contributed by atoms with E-state index in [1.165, 1.54) is 0 Å². The second-order valence-corrected chi connectivity index (χ2v) is 7.75. The van der Waals surface area contributed by atoms with E-state index in [2.05, 4.69) is 5.09 Å². The van der Waals surface area contributed by atoms with E-state index in [0.717, 1.165) is 0 Å². The van der Waals surface area contributed by atoms with Crippen molar-refractivity contribution in [3.8, 4) is 5.75 Å². The first kappa shape index (κ1) is 21.6. The topological polar surface area (TPSA) is 90.9 Å². The molecule has 0 aliphatic rings. The Morgan fingerprint density at radius 3 is 2.68 bits per heavy atom. The Morgan fingerprint density at radius 2 is 2.04 bits per heavy atom. The Bertz CT molecular complexity index is 612. The van der Waals surface area contributed by atoms with E-state index in [1.807, 2.05) is 0 Å². The molecule has 0 amide bonds. The predicted octanol–water partition coefficient (Wildman–Crippen LogP) is 3.10. The quantitative estimate of drug-likeness (QED) is 0.332. The molecule has 25 heavy (non-hydrogen) atoms. The molecule has 0 saturated heterocycles. The molecule has 140 valence electrons. The van der Waals surface area contributed by atoms with Crippen LogP contribution in [0.15, 0.2) is 24.3 Å². The maximum atomic E-state index is 12.4. The lowest BCUT2D eigenvalue weighted by Crippen LogP contribution is -2.32. The molecule has 0 aliphatic carbocycles. The first-order valence-corrected chi connectivity index (χ1v) is 10.5. The lowest BCUT2D eigenvalue weighted by atomic mass is 10.1. The third-order valence-electron chi connectivity index (χ3n) is 3.08. The molecule has 0 spiro atoms. The average molecular weight is 392 g/mol. The summed E-state index contributed by atoms with van der Waals surface area (Å²) in [6.07, 6.45) is 1.07. The average Bonchev–Trinajstić information content (AvgIpc) is 2.57. The highest BCUT2D eigenvalue weighted by Gasteiger charge is 2.26. The number of rotatable bonds is 12. The van der Waals surface area contributed by atoms with Gasteiger partial charge in [0.15, 0.2) is 0 Å². The van der Waals surface area contributed by atoms with Crippen LogP contribution in [0, 0.1) is 0 Å². The van der Waals surface area contributed by atoms with Gasteiger partial charge in [0, 0.05) is 24.3 Å². The van der Waals surface area contributed by atoms with Gasteiger partial charge in [0.25, 0.3) is 0 Å². The summed E-state index contributed by atoms with van der Waals surface area (Å²) in [6, 6.07) is 5.94. The SMILES string of the molecule is CCOCC(C=O)NP(=O)(Cl)Oc1ccccc1CCC(=O)OCC. The fourth-order valence-electron chi connectivity index (χ4n) is 1.97. The molecule has 0 bridgehead atoms. The molecular weight excluding hydrogens is 369 g/mol. The van der Waals surface area contributed by atoms with Crippen molar-refractivity contribution in [1.82, 2.24) is 5.09 Å². The zero-order valence-electron chi connectivity index (χ0n) is 14.3. The number of carbonyl (C=O) groups excluding carboxylic acids is 2. The van der Waals surface area contributed by atoms with Gasteiger partial charge in [-0.3, -0.25) is 4.79 Å². The van der Waals surface area contributed by atoms with Gasteiger partial charge < -0.3 is 18.8 Å². The van der Waals surface area contributed by atoms with Crippen LogP contribution in [0.1, 0.15) is 25.8 Å². The van der Waals surface area contributed by atoms with Crippen molar-refractivity contribution in [3.05, 3.63) is 29.8 Å². The van der Waals surface area contributed by atoms with Gasteiger partial charge in [0.1, 0.15) is 12.0 Å². The second kappa shape index (κ2) is 11.3. The van der Waals surface area contributed by atoms with Gasteiger partial charge >= 0.3 is 12.8 Å². The lowest BCUT2D eigenvalue weighted by molar-refractivity contribution is -0.143. The van der Waals surface area contributed by atoms with Crippen LogP contribution in [0.2, 0.25) is 0 Å². The van der Waals surface area contributed by atoms with E-state index < -0.39 is 12.9 Å². The minimum Gasteiger partial charge on any atom is -0.466 e. The van der Waals surface area contributed by atoms with Crippen LogP contribution < -0.4 is 9.61 Å². The first-order chi connectivity index (χ1) is 11.9. The minimum atomic E-state index is -3.82. The van der Waals surface area contributed by atoms with Crippen molar-refractivity contribution in [1.29, 1.82) is 0 Å². The monoisotopic (exact) mass is 391 g/mol. The Balaban J connectivity index is 2.75. The summed E-state index contributed by atoms with van der Waals surface area (Å²) >= 11 is 5.92. The Morgan fingerprint density at radius 1 is 1.32 bits per heavy atom. The number of carbonyl (C=O) groups is 2. The Hall–Kier alpha value is -1.40. The van der Waals surface area contributed by atoms with Crippen LogP contribution in [0.5, 0.6) is 5.75 Å². The van der Waals surface area contributed by atoms with Crippen LogP contribution in [0.25, 0.3) is 0 Å². The Kier molecular flexibility index (Phi) is 9.75. The molecule has 9 heteroatoms. The van der Waals surface area contributed by atoms with Crippen molar-refractivity contribution in [3.63, 3.8) is 0 Å². The largest absolute Gasteiger partial charge is 0.466 e. The van der Waals surface area contributed by atoms with E-state index >= 15 is 0 Å². The van der Waals surface area contributed by atoms with Gasteiger partial charge in [-0.2, -0.15) is 0 Å². The van der Waals surface area contributed by atoms with Crippen molar-refractivity contribution in [2.75, 3.05) is 19.8 Å². The van der Waals surface area contributed by atoms with Gasteiger partial charge in [-0.05, 0) is 31.9 Å². The van der Waals surface area contributed by atoms with Crippen LogP contribution in [-0.2, 0) is 30.0 Å². The third-order valence-corrected chi connectivity index (χ3v) is 4.65. The van der Waals surface area contributed by atoms with Crippen LogP contribution in [0.4, 0.5) is 0 Å². The number of aryl methyl sites for hydroxylation is 1. The molecule has 2 atom stereocenters. The molecule has 0 radical (unpaired) electrons. The second-order valence-electron chi connectivity index (χ2n) is 5.01. The van der Waals surface area contributed by atoms with Crippen molar-refractivity contribution < 1.29 is 28.2 Å². The number of aldehydes is 1. The minimum absolute atomic E-state index is 0.0323. The highest BCUT2D eigenvalue weighted by Crippen LogP contribution is 2.49. The van der Waals surface area contributed by atoms with Crippen LogP contribution in [0.3, 0.4) is 0 Å². The maximum Gasteiger partial charge on any atom is 0.409 e. The van der Waals surface area contributed by atoms with E-state index in [1.54, 1.807) is 38.1 Å². The summed E-state index contributed by atoms with van der Waals surface area (Å²) in [6.45, 7) is 0.444. The fourth-order valence-corrected chi connectivity index (χ4v) is 3.59. The highest BCUT2D eigenvalue weighted by atomic mass is 35.7. The number of benzene rings is 1. The summed E-state index contributed by atoms with van der Waals surface area (Å²) in [4.78, 5) is 22.5. The molecule has 0 heterocycles. The molecule has 0 fully saturated rings. The molecule has 1 aromatic rings. The van der Waals surface area contributed by atoms with Gasteiger partial charge in [0.05, 0.1) is 19.3 Å². The molecule has 0 aromatic heterocycles. The predicted molar refractivity (Wildman–Crippen MR) is 95.0 cm³/mol. The number of esters is 1. The van der Waals surface area contributed by atoms with Gasteiger partial charge in [-0.15, -0.1) is 0 Å². The molecular formula is C16H23ClNO6P. The number of nitrogens with one attached hydrogen (secondary N) is 1. The van der Waals surface area contributed by atoms with E-state index in [-0.39, 0.29) is 24.7 Å². The number of hydrogen-bond acceptors (Lipinski definition) is 6. The summed E-state index contributed by atoms with van der Waals surface area (Å²) in [5.74, 6) is -0.0547. The summed E-state index contributed by atoms with van der Waals surface area (Å²) < 4.78 is 27.8. The number of ether oxygens (including phenoxy) is 2. The molecule has 1 N–H and O–H groups in total. The van der Waals surface area contributed by atoms with Crippen LogP contribution >= 0.6 is 18.1 Å². The van der Waals surface area contributed by atoms with Gasteiger partial charge in [0.2, 0.25) is 0 Å². The number of halogens is 1. The zero-order chi connectivity index (χ0) is 18.7. The smallest absolute Gasteiger partial charge is 0.409 e. The summed E-state index contributed by atoms with van der Waals surface area (Å²) in [5, 5.41) is 2.45. The normalized spacial score (nSPS) is 14.4. The van der Waals surface area contributed by atoms with Crippen molar-refractivity contribution in [2.24, 2.45) is 0 Å².